The van der Waals surface area contributed by atoms with Crippen molar-refractivity contribution in [2.75, 3.05) is 6.26 Å². The average molecular weight is 289 g/mol. The number of Topliss-reactive ketones (excluding diaryl/α,β-unsaturated/α-hetero) is 1. The minimum Gasteiger partial charge on any atom is -0.310 e. The maximum absolute atomic E-state index is 11.8. The van der Waals surface area contributed by atoms with E-state index in [2.05, 4.69) is 0 Å². The first-order valence-corrected chi connectivity index (χ1v) is 7.67. The van der Waals surface area contributed by atoms with E-state index in [1.165, 1.54) is 23.6 Å². The van der Waals surface area contributed by atoms with Gasteiger partial charge in [0, 0.05) is 39.8 Å². The van der Waals surface area contributed by atoms with E-state index in [4.69, 9.17) is 0 Å². The highest BCUT2D eigenvalue weighted by atomic mass is 32.2. The number of aromatic nitrogens is 1. The van der Waals surface area contributed by atoms with Crippen molar-refractivity contribution < 1.29 is 9.00 Å². The van der Waals surface area contributed by atoms with Gasteiger partial charge in [0.05, 0.1) is 6.54 Å². The van der Waals surface area contributed by atoms with Gasteiger partial charge < -0.3 is 4.57 Å². The molecule has 0 spiro atoms. The Balaban J connectivity index is 2.29. The largest absolute Gasteiger partial charge is 0.310 e. The van der Waals surface area contributed by atoms with Gasteiger partial charge in [0.2, 0.25) is 0 Å². The maximum Gasteiger partial charge on any atom is 0.250 e. The molecule has 0 saturated carbocycles. The van der Waals surface area contributed by atoms with E-state index in [1.807, 2.05) is 12.1 Å². The molecule has 104 valence electrons. The van der Waals surface area contributed by atoms with Crippen LogP contribution >= 0.6 is 0 Å². The van der Waals surface area contributed by atoms with Gasteiger partial charge in [0.15, 0.2) is 5.78 Å². The topological polar surface area (TPSA) is 56.1 Å². The molecule has 0 amide bonds. The van der Waals surface area contributed by atoms with E-state index >= 15 is 0 Å². The lowest BCUT2D eigenvalue weighted by molar-refractivity contribution is 0.101. The maximum atomic E-state index is 11.8. The third kappa shape index (κ3) is 3.30. The predicted molar refractivity (Wildman–Crippen MR) is 78.6 cm³/mol. The Labute approximate surface area is 119 Å². The van der Waals surface area contributed by atoms with Crippen LogP contribution in [0, 0.1) is 0 Å². The summed E-state index contributed by atoms with van der Waals surface area (Å²) >= 11 is 0. The van der Waals surface area contributed by atoms with Crippen LogP contribution < -0.4 is 5.56 Å². The van der Waals surface area contributed by atoms with Crippen LogP contribution in [0.25, 0.3) is 0 Å². The molecule has 1 aromatic carbocycles. The summed E-state index contributed by atoms with van der Waals surface area (Å²) in [6, 6.07) is 10.2. The lowest BCUT2D eigenvalue weighted by Gasteiger charge is -2.07. The van der Waals surface area contributed by atoms with Crippen LogP contribution in [0.3, 0.4) is 0 Å². The number of hydrogen-bond acceptors (Lipinski definition) is 3. The summed E-state index contributed by atoms with van der Waals surface area (Å²) in [5.74, 6) is -0.0736. The first-order valence-electron chi connectivity index (χ1n) is 6.11. The van der Waals surface area contributed by atoms with E-state index in [9.17, 15) is 13.8 Å². The second-order valence-electron chi connectivity index (χ2n) is 4.54. The van der Waals surface area contributed by atoms with Gasteiger partial charge in [-0.25, -0.2) is 0 Å². The zero-order valence-electron chi connectivity index (χ0n) is 11.3. The van der Waals surface area contributed by atoms with Crippen LogP contribution in [0.4, 0.5) is 0 Å². The normalized spacial score (nSPS) is 12.1. The second-order valence-corrected chi connectivity index (χ2v) is 5.92. The van der Waals surface area contributed by atoms with Gasteiger partial charge >= 0.3 is 0 Å². The summed E-state index contributed by atoms with van der Waals surface area (Å²) in [7, 11) is -1.01. The van der Waals surface area contributed by atoms with Crippen molar-refractivity contribution in [1.82, 2.24) is 4.57 Å². The highest BCUT2D eigenvalue weighted by molar-refractivity contribution is 7.84. The number of rotatable bonds is 4. The molecule has 20 heavy (non-hydrogen) atoms. The molecule has 0 fully saturated rings. The van der Waals surface area contributed by atoms with E-state index < -0.39 is 10.8 Å². The summed E-state index contributed by atoms with van der Waals surface area (Å²) in [6.07, 6.45) is 3.19. The van der Waals surface area contributed by atoms with Crippen molar-refractivity contribution in [1.29, 1.82) is 0 Å². The Morgan fingerprint density at radius 1 is 1.15 bits per heavy atom. The minimum atomic E-state index is -1.01. The zero-order valence-corrected chi connectivity index (χ0v) is 12.1. The van der Waals surface area contributed by atoms with Gasteiger partial charge in [-0.1, -0.05) is 12.1 Å². The monoisotopic (exact) mass is 289 g/mol. The standard InChI is InChI=1S/C15H15NO3S/c1-11(17)13-5-8-15(18)16(10-13)9-12-3-6-14(7-4-12)20(2)19/h3-8,10H,9H2,1-2H3. The van der Waals surface area contributed by atoms with Crippen molar-refractivity contribution in [3.8, 4) is 0 Å². The SMILES string of the molecule is CC(=O)c1ccc(=O)n(Cc2ccc(S(C)=O)cc2)c1. The van der Waals surface area contributed by atoms with Crippen molar-refractivity contribution >= 4 is 16.6 Å². The minimum absolute atomic E-state index is 0.0736. The second kappa shape index (κ2) is 5.96. The van der Waals surface area contributed by atoms with Gasteiger partial charge in [0.25, 0.3) is 5.56 Å². The summed E-state index contributed by atoms with van der Waals surface area (Å²) in [6.45, 7) is 1.85. The molecule has 0 bridgehead atoms. The molecule has 4 nitrogen and oxygen atoms in total. The van der Waals surface area contributed by atoms with Crippen LogP contribution in [0.5, 0.6) is 0 Å². The smallest absolute Gasteiger partial charge is 0.250 e. The molecule has 2 rings (SSSR count). The highest BCUT2D eigenvalue weighted by Gasteiger charge is 2.04. The molecular formula is C15H15NO3S. The van der Waals surface area contributed by atoms with Crippen molar-refractivity contribution in [2.24, 2.45) is 0 Å². The van der Waals surface area contributed by atoms with E-state index in [-0.39, 0.29) is 11.3 Å². The summed E-state index contributed by atoms with van der Waals surface area (Å²) in [5.41, 5.74) is 1.27. The molecule has 1 atom stereocenters. The molecule has 0 radical (unpaired) electrons. The molecule has 1 heterocycles. The molecule has 0 aliphatic heterocycles. The molecule has 1 aromatic heterocycles. The third-order valence-corrected chi connectivity index (χ3v) is 3.93. The predicted octanol–water partition coefficient (Wildman–Crippen LogP) is 1.84. The molecular weight excluding hydrogens is 274 g/mol. The molecule has 0 aliphatic rings. The van der Waals surface area contributed by atoms with Crippen LogP contribution in [0.2, 0.25) is 0 Å². The number of benzene rings is 1. The summed E-state index contributed by atoms with van der Waals surface area (Å²) in [4.78, 5) is 23.9. The van der Waals surface area contributed by atoms with Crippen LogP contribution in [-0.4, -0.2) is 20.8 Å². The summed E-state index contributed by atoms with van der Waals surface area (Å²) < 4.78 is 12.8. The zero-order chi connectivity index (χ0) is 14.7. The lowest BCUT2D eigenvalue weighted by atomic mass is 10.2. The number of carbonyl (C=O) groups excluding carboxylic acids is 1. The quantitative estimate of drug-likeness (QED) is 0.807. The van der Waals surface area contributed by atoms with Gasteiger partial charge in [-0.15, -0.1) is 0 Å². The fraction of sp³-hybridized carbons (Fsp3) is 0.200. The molecule has 1 unspecified atom stereocenters. The highest BCUT2D eigenvalue weighted by Crippen LogP contribution is 2.09. The third-order valence-electron chi connectivity index (χ3n) is 3.00. The van der Waals surface area contributed by atoms with Crippen molar-refractivity contribution in [2.45, 2.75) is 18.4 Å². The Morgan fingerprint density at radius 3 is 2.35 bits per heavy atom. The van der Waals surface area contributed by atoms with Gasteiger partial charge in [-0.3, -0.25) is 13.8 Å². The fourth-order valence-corrected chi connectivity index (χ4v) is 2.37. The molecule has 0 saturated heterocycles. The van der Waals surface area contributed by atoms with Gasteiger partial charge in [0.1, 0.15) is 0 Å². The van der Waals surface area contributed by atoms with Gasteiger partial charge in [-0.05, 0) is 30.7 Å². The Morgan fingerprint density at radius 2 is 1.80 bits per heavy atom. The Hall–Kier alpha value is -2.01. The van der Waals surface area contributed by atoms with E-state index in [0.29, 0.717) is 12.1 Å². The first kappa shape index (κ1) is 14.4. The lowest BCUT2D eigenvalue weighted by Crippen LogP contribution is -2.20. The van der Waals surface area contributed by atoms with Crippen molar-refractivity contribution in [3.05, 3.63) is 64.1 Å². The number of pyridine rings is 1. The van der Waals surface area contributed by atoms with Crippen molar-refractivity contribution in [3.63, 3.8) is 0 Å². The molecule has 2 aromatic rings. The Bertz CT molecular complexity index is 717. The van der Waals surface area contributed by atoms with E-state index in [0.717, 1.165) is 10.5 Å². The fourth-order valence-electron chi connectivity index (χ4n) is 1.85. The average Bonchev–Trinajstić information content (AvgIpc) is 2.41. The number of ketones is 1. The molecule has 5 heteroatoms. The summed E-state index contributed by atoms with van der Waals surface area (Å²) in [5, 5.41) is 0. The van der Waals surface area contributed by atoms with E-state index in [1.54, 1.807) is 24.6 Å². The van der Waals surface area contributed by atoms with Crippen LogP contribution in [0.1, 0.15) is 22.8 Å². The van der Waals surface area contributed by atoms with Crippen LogP contribution in [-0.2, 0) is 17.3 Å². The molecule has 0 aliphatic carbocycles. The number of hydrogen-bond donors (Lipinski definition) is 0. The number of carbonyl (C=O) groups is 1. The molecule has 0 N–H and O–H groups in total. The Kier molecular flexibility index (Phi) is 4.29. The number of nitrogens with zero attached hydrogens (tertiary/aromatic N) is 1. The van der Waals surface area contributed by atoms with Crippen LogP contribution in [0.15, 0.2) is 52.3 Å². The first-order chi connectivity index (χ1) is 9.47. The van der Waals surface area contributed by atoms with Gasteiger partial charge in [-0.2, -0.15) is 0 Å².